The fourth-order valence-electron chi connectivity index (χ4n) is 2.52. The molecule has 0 aliphatic rings. The largest absolute Gasteiger partial charge is 0.494 e. The van der Waals surface area contributed by atoms with Gasteiger partial charge in [0.25, 0.3) is 5.78 Å². The standard InChI is InChI=1S/C17H16F2N6O/c1-4-9(2)23-16-15(10-5-12(19)14(26-3)6-11(10)18)13(7-20)24-17-21-8-22-25(16)17/h5-6,8-9,23H,4H2,1-3H3. The Balaban J connectivity index is 2.36. The van der Waals surface area contributed by atoms with Gasteiger partial charge in [-0.05, 0) is 19.4 Å². The number of ether oxygens (including phenoxy) is 1. The highest BCUT2D eigenvalue weighted by atomic mass is 19.1. The molecule has 2 heterocycles. The maximum absolute atomic E-state index is 14.7. The van der Waals surface area contributed by atoms with Crippen molar-refractivity contribution in [2.24, 2.45) is 0 Å². The second kappa shape index (κ2) is 6.92. The second-order valence-corrected chi connectivity index (χ2v) is 5.69. The van der Waals surface area contributed by atoms with E-state index in [0.29, 0.717) is 5.82 Å². The quantitative estimate of drug-likeness (QED) is 0.754. The molecular formula is C17H16F2N6O. The van der Waals surface area contributed by atoms with E-state index in [4.69, 9.17) is 4.74 Å². The number of fused-ring (bicyclic) bond motifs is 1. The number of halogens is 2. The third-order valence-electron chi connectivity index (χ3n) is 4.04. The molecule has 7 nitrogen and oxygen atoms in total. The summed E-state index contributed by atoms with van der Waals surface area (Å²) in [6, 6.07) is 3.84. The highest BCUT2D eigenvalue weighted by Gasteiger charge is 2.23. The van der Waals surface area contributed by atoms with Crippen LogP contribution in [0, 0.1) is 23.0 Å². The van der Waals surface area contributed by atoms with Crippen molar-refractivity contribution >= 4 is 11.6 Å². The highest BCUT2D eigenvalue weighted by Crippen LogP contribution is 2.36. The van der Waals surface area contributed by atoms with Crippen molar-refractivity contribution in [2.45, 2.75) is 26.3 Å². The van der Waals surface area contributed by atoms with Gasteiger partial charge >= 0.3 is 0 Å². The van der Waals surface area contributed by atoms with Gasteiger partial charge in [0.1, 0.15) is 24.0 Å². The molecule has 0 bridgehead atoms. The maximum Gasteiger partial charge on any atom is 0.255 e. The molecule has 9 heteroatoms. The monoisotopic (exact) mass is 358 g/mol. The van der Waals surface area contributed by atoms with Gasteiger partial charge in [-0.15, -0.1) is 0 Å². The van der Waals surface area contributed by atoms with Gasteiger partial charge in [0.15, 0.2) is 17.3 Å². The van der Waals surface area contributed by atoms with Crippen LogP contribution in [0.25, 0.3) is 16.9 Å². The van der Waals surface area contributed by atoms with Crippen molar-refractivity contribution in [3.8, 4) is 22.9 Å². The molecule has 0 amide bonds. The summed E-state index contributed by atoms with van der Waals surface area (Å²) in [5.74, 6) is -1.21. The molecule has 1 atom stereocenters. The molecule has 3 aromatic rings. The van der Waals surface area contributed by atoms with Crippen LogP contribution in [0.1, 0.15) is 26.0 Å². The zero-order valence-electron chi connectivity index (χ0n) is 14.4. The number of hydrogen-bond acceptors (Lipinski definition) is 6. The summed E-state index contributed by atoms with van der Waals surface area (Å²) >= 11 is 0. The topological polar surface area (TPSA) is 88.1 Å². The number of nitrogens with one attached hydrogen (secondary N) is 1. The smallest absolute Gasteiger partial charge is 0.255 e. The Morgan fingerprint density at radius 3 is 2.77 bits per heavy atom. The van der Waals surface area contributed by atoms with Gasteiger partial charge in [-0.2, -0.15) is 24.8 Å². The number of anilines is 1. The van der Waals surface area contributed by atoms with Crippen molar-refractivity contribution in [1.29, 1.82) is 5.26 Å². The summed E-state index contributed by atoms with van der Waals surface area (Å²) in [4.78, 5) is 8.09. The van der Waals surface area contributed by atoms with E-state index in [1.807, 2.05) is 19.9 Å². The molecule has 0 radical (unpaired) electrons. The van der Waals surface area contributed by atoms with Crippen LogP contribution in [0.5, 0.6) is 5.75 Å². The maximum atomic E-state index is 14.7. The third-order valence-corrected chi connectivity index (χ3v) is 4.04. The minimum absolute atomic E-state index is 0.0127. The number of nitriles is 1. The van der Waals surface area contributed by atoms with Crippen molar-refractivity contribution < 1.29 is 13.5 Å². The van der Waals surface area contributed by atoms with E-state index in [2.05, 4.69) is 20.4 Å². The molecule has 0 saturated heterocycles. The molecule has 0 aliphatic carbocycles. The van der Waals surface area contributed by atoms with E-state index >= 15 is 0 Å². The number of methoxy groups -OCH3 is 1. The molecule has 3 rings (SSSR count). The van der Waals surface area contributed by atoms with Crippen LogP contribution in [0.4, 0.5) is 14.6 Å². The first kappa shape index (κ1) is 17.5. The van der Waals surface area contributed by atoms with Crippen LogP contribution in [0.2, 0.25) is 0 Å². The van der Waals surface area contributed by atoms with Gasteiger partial charge < -0.3 is 10.1 Å². The summed E-state index contributed by atoms with van der Waals surface area (Å²) in [6.45, 7) is 3.89. The van der Waals surface area contributed by atoms with Gasteiger partial charge in [0.2, 0.25) is 0 Å². The van der Waals surface area contributed by atoms with E-state index in [1.54, 1.807) is 0 Å². The Morgan fingerprint density at radius 2 is 2.12 bits per heavy atom. The minimum atomic E-state index is -0.749. The molecule has 0 fully saturated rings. The number of nitrogens with zero attached hydrogens (tertiary/aromatic N) is 5. The molecule has 26 heavy (non-hydrogen) atoms. The van der Waals surface area contributed by atoms with E-state index < -0.39 is 11.6 Å². The van der Waals surface area contributed by atoms with Crippen molar-refractivity contribution in [3.05, 3.63) is 35.8 Å². The summed E-state index contributed by atoms with van der Waals surface area (Å²) in [7, 11) is 1.25. The van der Waals surface area contributed by atoms with Crippen LogP contribution < -0.4 is 10.1 Å². The summed E-state index contributed by atoms with van der Waals surface area (Å²) in [5, 5.41) is 16.8. The lowest BCUT2D eigenvalue weighted by Crippen LogP contribution is -2.18. The van der Waals surface area contributed by atoms with Gasteiger partial charge in [-0.3, -0.25) is 0 Å². The van der Waals surface area contributed by atoms with Crippen molar-refractivity contribution in [2.75, 3.05) is 12.4 Å². The first-order valence-electron chi connectivity index (χ1n) is 7.93. The molecular weight excluding hydrogens is 342 g/mol. The minimum Gasteiger partial charge on any atom is -0.494 e. The first-order valence-corrected chi connectivity index (χ1v) is 7.93. The van der Waals surface area contributed by atoms with Crippen molar-refractivity contribution in [1.82, 2.24) is 19.6 Å². The Hall–Kier alpha value is -3.28. The molecule has 0 aliphatic heterocycles. The molecule has 1 unspecified atom stereocenters. The van der Waals surface area contributed by atoms with E-state index in [-0.39, 0.29) is 34.4 Å². The van der Waals surface area contributed by atoms with Crippen LogP contribution in [-0.2, 0) is 0 Å². The third kappa shape index (κ3) is 2.90. The lowest BCUT2D eigenvalue weighted by atomic mass is 10.0. The number of hydrogen-bond donors (Lipinski definition) is 1. The first-order chi connectivity index (χ1) is 12.5. The van der Waals surface area contributed by atoms with E-state index in [9.17, 15) is 14.0 Å². The van der Waals surface area contributed by atoms with E-state index in [0.717, 1.165) is 18.6 Å². The molecule has 1 aromatic carbocycles. The molecule has 0 saturated carbocycles. The second-order valence-electron chi connectivity index (χ2n) is 5.69. The molecule has 1 N–H and O–H groups in total. The Labute approximate surface area is 148 Å². The number of benzene rings is 1. The average molecular weight is 358 g/mol. The number of aromatic nitrogens is 4. The summed E-state index contributed by atoms with van der Waals surface area (Å²) in [5.41, 5.74) is -0.0832. The Kier molecular flexibility index (Phi) is 4.67. The molecule has 0 spiro atoms. The fourth-order valence-corrected chi connectivity index (χ4v) is 2.52. The average Bonchev–Trinajstić information content (AvgIpc) is 3.11. The van der Waals surface area contributed by atoms with Gasteiger partial charge in [-0.25, -0.2) is 8.78 Å². The fraction of sp³-hybridized carbons (Fsp3) is 0.294. The predicted octanol–water partition coefficient (Wildman–Crippen LogP) is 3.16. The SMILES string of the molecule is CCC(C)Nc1c(-c2cc(F)c(OC)cc2F)c(C#N)nc2ncnn12. The normalized spacial score (nSPS) is 12.0. The molecule has 134 valence electrons. The van der Waals surface area contributed by atoms with Crippen molar-refractivity contribution in [3.63, 3.8) is 0 Å². The zero-order valence-corrected chi connectivity index (χ0v) is 14.4. The lowest BCUT2D eigenvalue weighted by Gasteiger charge is -2.19. The Bertz CT molecular complexity index is 1010. The zero-order chi connectivity index (χ0) is 18.8. The van der Waals surface area contributed by atoms with Gasteiger partial charge in [0, 0.05) is 17.7 Å². The van der Waals surface area contributed by atoms with Crippen LogP contribution in [0.3, 0.4) is 0 Å². The summed E-state index contributed by atoms with van der Waals surface area (Å²) < 4.78 is 35.1. The molecule has 2 aromatic heterocycles. The lowest BCUT2D eigenvalue weighted by molar-refractivity contribution is 0.383. The Morgan fingerprint density at radius 1 is 1.35 bits per heavy atom. The van der Waals surface area contributed by atoms with Crippen LogP contribution >= 0.6 is 0 Å². The number of rotatable bonds is 5. The van der Waals surface area contributed by atoms with Crippen LogP contribution in [-0.4, -0.2) is 32.7 Å². The highest BCUT2D eigenvalue weighted by molar-refractivity contribution is 5.81. The van der Waals surface area contributed by atoms with Gasteiger partial charge in [0.05, 0.1) is 12.7 Å². The van der Waals surface area contributed by atoms with Gasteiger partial charge in [-0.1, -0.05) is 6.92 Å². The van der Waals surface area contributed by atoms with E-state index in [1.165, 1.54) is 18.0 Å². The van der Waals surface area contributed by atoms with Crippen LogP contribution in [0.15, 0.2) is 18.5 Å². The predicted molar refractivity (Wildman–Crippen MR) is 90.8 cm³/mol. The summed E-state index contributed by atoms with van der Waals surface area (Å²) in [6.07, 6.45) is 2.04.